The predicted molar refractivity (Wildman–Crippen MR) is 112 cm³/mol. The van der Waals surface area contributed by atoms with E-state index < -0.39 is 17.5 Å². The van der Waals surface area contributed by atoms with Crippen molar-refractivity contribution in [2.45, 2.75) is 51.5 Å². The van der Waals surface area contributed by atoms with E-state index in [2.05, 4.69) is 22.7 Å². The second kappa shape index (κ2) is 8.13. The van der Waals surface area contributed by atoms with Crippen molar-refractivity contribution in [1.29, 1.82) is 0 Å². The van der Waals surface area contributed by atoms with Crippen molar-refractivity contribution in [3.05, 3.63) is 41.8 Å². The lowest BCUT2D eigenvalue weighted by atomic mass is 9.75. The van der Waals surface area contributed by atoms with Crippen LogP contribution in [0.2, 0.25) is 0 Å². The summed E-state index contributed by atoms with van der Waals surface area (Å²) in [7, 11) is 0. The molecule has 4 amide bonds. The van der Waals surface area contributed by atoms with E-state index in [4.69, 9.17) is 0 Å². The van der Waals surface area contributed by atoms with Gasteiger partial charge in [0.05, 0.1) is 11.4 Å². The number of amides is 4. The average Bonchev–Trinajstić information content (AvgIpc) is 3.21. The van der Waals surface area contributed by atoms with Gasteiger partial charge in [-0.25, -0.2) is 13.9 Å². The minimum absolute atomic E-state index is 0.328. The van der Waals surface area contributed by atoms with Crippen LogP contribution in [0.3, 0.4) is 0 Å². The van der Waals surface area contributed by atoms with E-state index in [1.807, 2.05) is 0 Å². The molecule has 2 fully saturated rings. The second-order valence-electron chi connectivity index (χ2n) is 8.36. The molecule has 0 radical (unpaired) electrons. The van der Waals surface area contributed by atoms with Crippen LogP contribution in [0.5, 0.6) is 0 Å². The maximum atomic E-state index is 13.2. The molecule has 1 aromatic heterocycles. The van der Waals surface area contributed by atoms with Gasteiger partial charge in [0, 0.05) is 6.07 Å². The van der Waals surface area contributed by atoms with Gasteiger partial charge in [-0.1, -0.05) is 13.3 Å². The normalized spacial score (nSPS) is 23.3. The van der Waals surface area contributed by atoms with Gasteiger partial charge in [0.25, 0.3) is 5.91 Å². The Bertz CT molecular complexity index is 1010. The summed E-state index contributed by atoms with van der Waals surface area (Å²) in [5.41, 5.74) is 0.350. The highest BCUT2D eigenvalue weighted by atomic mass is 19.1. The van der Waals surface area contributed by atoms with Crippen LogP contribution in [-0.2, 0) is 9.59 Å². The number of hydrogen-bond acceptors (Lipinski definition) is 4. The Morgan fingerprint density at radius 3 is 2.58 bits per heavy atom. The first-order valence-corrected chi connectivity index (χ1v) is 10.6. The number of anilines is 1. The van der Waals surface area contributed by atoms with E-state index >= 15 is 0 Å². The van der Waals surface area contributed by atoms with Crippen LogP contribution in [0.4, 0.5) is 15.0 Å². The minimum atomic E-state index is -0.879. The molecule has 0 bridgehead atoms. The molecule has 1 aliphatic heterocycles. The first kappa shape index (κ1) is 21.0. The molecule has 0 atom stereocenters. The Balaban J connectivity index is 1.46. The molecule has 1 aromatic carbocycles. The summed E-state index contributed by atoms with van der Waals surface area (Å²) < 4.78 is 14.7. The lowest BCUT2D eigenvalue weighted by Crippen LogP contribution is -2.49. The molecule has 9 heteroatoms. The molecule has 2 aliphatic rings. The number of nitrogens with one attached hydrogen (secondary N) is 2. The second-order valence-corrected chi connectivity index (χ2v) is 8.36. The maximum absolute atomic E-state index is 13.2. The molecular weight excluding hydrogens is 401 g/mol. The van der Waals surface area contributed by atoms with Gasteiger partial charge in [0.1, 0.15) is 23.7 Å². The molecular formula is C22H26FN5O3. The zero-order chi connectivity index (χ0) is 22.2. The van der Waals surface area contributed by atoms with E-state index in [-0.39, 0.29) is 18.3 Å². The van der Waals surface area contributed by atoms with Crippen LogP contribution in [0.15, 0.2) is 30.3 Å². The minimum Gasteiger partial charge on any atom is -0.323 e. The summed E-state index contributed by atoms with van der Waals surface area (Å²) in [5, 5.41) is 9.88. The lowest BCUT2D eigenvalue weighted by Gasteiger charge is -2.34. The van der Waals surface area contributed by atoms with Crippen LogP contribution in [0.25, 0.3) is 5.69 Å². The third-order valence-electron chi connectivity index (χ3n) is 6.25. The first-order valence-electron chi connectivity index (χ1n) is 10.6. The largest absolute Gasteiger partial charge is 0.325 e. The molecule has 2 N–H and O–H groups in total. The van der Waals surface area contributed by atoms with Crippen molar-refractivity contribution in [3.8, 4) is 5.69 Å². The summed E-state index contributed by atoms with van der Waals surface area (Å²) in [4.78, 5) is 39.2. The number of benzene rings is 1. The quantitative estimate of drug-likeness (QED) is 0.717. The standard InChI is InChI=1S/C22H26FN5O3/c1-3-15-8-10-22(11-9-15)20(30)27(21(31)25-22)13-19(29)24-18-12-14(2)26-28(18)17-6-4-16(23)5-7-17/h4-7,12,15H,3,8-11,13H2,1-2H3,(H,24,29)(H,25,31). The molecule has 8 nitrogen and oxygen atoms in total. The topological polar surface area (TPSA) is 96.3 Å². The molecule has 4 rings (SSSR count). The number of carbonyl (C=O) groups is 3. The number of imide groups is 1. The highest BCUT2D eigenvalue weighted by molar-refractivity contribution is 6.10. The molecule has 1 spiro atoms. The number of hydrogen-bond donors (Lipinski definition) is 2. The van der Waals surface area contributed by atoms with Gasteiger partial charge in [-0.05, 0) is 62.8 Å². The molecule has 1 saturated heterocycles. The fourth-order valence-electron chi connectivity index (χ4n) is 4.43. The van der Waals surface area contributed by atoms with E-state index in [9.17, 15) is 18.8 Å². The number of rotatable bonds is 5. The van der Waals surface area contributed by atoms with Gasteiger partial charge in [-0.15, -0.1) is 0 Å². The van der Waals surface area contributed by atoms with Crippen molar-refractivity contribution in [1.82, 2.24) is 20.0 Å². The third kappa shape index (κ3) is 4.04. The number of urea groups is 1. The highest BCUT2D eigenvalue weighted by Gasteiger charge is 2.52. The summed E-state index contributed by atoms with van der Waals surface area (Å²) in [6.45, 7) is 3.52. The Hall–Kier alpha value is -3.23. The van der Waals surface area contributed by atoms with Crippen molar-refractivity contribution in [2.75, 3.05) is 11.9 Å². The van der Waals surface area contributed by atoms with Crippen molar-refractivity contribution in [3.63, 3.8) is 0 Å². The molecule has 1 aliphatic carbocycles. The average molecular weight is 427 g/mol. The molecule has 31 heavy (non-hydrogen) atoms. The van der Waals surface area contributed by atoms with E-state index in [1.54, 1.807) is 25.1 Å². The number of nitrogens with zero attached hydrogens (tertiary/aromatic N) is 3. The smallest absolute Gasteiger partial charge is 0.323 e. The molecule has 2 heterocycles. The van der Waals surface area contributed by atoms with E-state index in [1.165, 1.54) is 16.8 Å². The van der Waals surface area contributed by atoms with E-state index in [0.29, 0.717) is 36.0 Å². The van der Waals surface area contributed by atoms with Gasteiger partial charge >= 0.3 is 6.03 Å². The fraction of sp³-hybridized carbons (Fsp3) is 0.455. The van der Waals surface area contributed by atoms with Crippen LogP contribution in [0.1, 0.15) is 44.7 Å². The first-order chi connectivity index (χ1) is 14.8. The van der Waals surface area contributed by atoms with Crippen LogP contribution in [-0.4, -0.2) is 44.6 Å². The van der Waals surface area contributed by atoms with Gasteiger partial charge in [-0.3, -0.25) is 14.5 Å². The Morgan fingerprint density at radius 1 is 1.26 bits per heavy atom. The molecule has 2 aromatic rings. The molecule has 164 valence electrons. The molecule has 1 saturated carbocycles. The summed E-state index contributed by atoms with van der Waals surface area (Å²) in [6.07, 6.45) is 4.04. The third-order valence-corrected chi connectivity index (χ3v) is 6.25. The Labute approximate surface area is 179 Å². The van der Waals surface area contributed by atoms with Crippen molar-refractivity contribution < 1.29 is 18.8 Å². The van der Waals surface area contributed by atoms with Gasteiger partial charge in [0.2, 0.25) is 5.91 Å². The number of carbonyl (C=O) groups excluding carboxylic acids is 3. The maximum Gasteiger partial charge on any atom is 0.325 e. The summed E-state index contributed by atoms with van der Waals surface area (Å²) in [5.74, 6) is -0.267. The fourth-order valence-corrected chi connectivity index (χ4v) is 4.43. The zero-order valence-corrected chi connectivity index (χ0v) is 17.7. The summed E-state index contributed by atoms with van der Waals surface area (Å²) in [6, 6.07) is 6.84. The van der Waals surface area contributed by atoms with Crippen LogP contribution < -0.4 is 10.6 Å². The van der Waals surface area contributed by atoms with Crippen molar-refractivity contribution >= 4 is 23.7 Å². The van der Waals surface area contributed by atoms with Crippen LogP contribution >= 0.6 is 0 Å². The SMILES string of the molecule is CCC1CCC2(CC1)NC(=O)N(CC(=O)Nc1cc(C)nn1-c1ccc(F)cc1)C2=O. The number of halogens is 1. The van der Waals surface area contributed by atoms with E-state index in [0.717, 1.165) is 24.2 Å². The highest BCUT2D eigenvalue weighted by Crippen LogP contribution is 2.37. The lowest BCUT2D eigenvalue weighted by molar-refractivity contribution is -0.135. The number of aryl methyl sites for hydroxylation is 1. The van der Waals surface area contributed by atoms with Crippen LogP contribution in [0, 0.1) is 18.7 Å². The predicted octanol–water partition coefficient (Wildman–Crippen LogP) is 3.15. The zero-order valence-electron chi connectivity index (χ0n) is 17.7. The van der Waals surface area contributed by atoms with Gasteiger partial charge in [-0.2, -0.15) is 5.10 Å². The Kier molecular flexibility index (Phi) is 5.51. The Morgan fingerprint density at radius 2 is 1.94 bits per heavy atom. The van der Waals surface area contributed by atoms with Gasteiger partial charge in [0.15, 0.2) is 0 Å². The summed E-state index contributed by atoms with van der Waals surface area (Å²) >= 11 is 0. The number of aromatic nitrogens is 2. The van der Waals surface area contributed by atoms with Crippen molar-refractivity contribution in [2.24, 2.45) is 5.92 Å². The van der Waals surface area contributed by atoms with Gasteiger partial charge < -0.3 is 10.6 Å². The monoisotopic (exact) mass is 427 g/mol. The molecule has 0 unspecified atom stereocenters.